The predicted octanol–water partition coefficient (Wildman–Crippen LogP) is 0.674. The number of nitrogens with one attached hydrogen (secondary N) is 2. The Morgan fingerprint density at radius 1 is 1.48 bits per heavy atom. The summed E-state index contributed by atoms with van der Waals surface area (Å²) in [5.41, 5.74) is 2.74. The van der Waals surface area contributed by atoms with Gasteiger partial charge in [0, 0.05) is 12.5 Å². The molecule has 0 aromatic heterocycles. The Balaban J connectivity index is 1.98. The standard InChI is InChI=1S/C16H25N3O4/c1-3-4-6-12(17-14(20)11-9-10(11)2)15(21)19-8-5-7-13(18-19)16(22)23/h3,10-13,18H,1,4-9H2,2H3,(H,17,20)(H,22,23)/t10-,11-,12-,13-/m0/s1. The lowest BCUT2D eigenvalue weighted by atomic mass is 10.1. The highest BCUT2D eigenvalue weighted by atomic mass is 16.4. The van der Waals surface area contributed by atoms with Gasteiger partial charge in [-0.3, -0.25) is 19.4 Å². The van der Waals surface area contributed by atoms with E-state index < -0.39 is 18.1 Å². The Kier molecular flexibility index (Phi) is 5.76. The van der Waals surface area contributed by atoms with Crippen molar-refractivity contribution >= 4 is 17.8 Å². The number of nitrogens with zero attached hydrogens (tertiary/aromatic N) is 1. The highest BCUT2D eigenvalue weighted by molar-refractivity contribution is 5.89. The molecule has 2 amide bonds. The fourth-order valence-corrected chi connectivity index (χ4v) is 2.82. The van der Waals surface area contributed by atoms with Crippen LogP contribution in [0.15, 0.2) is 12.7 Å². The van der Waals surface area contributed by atoms with Gasteiger partial charge in [0.05, 0.1) is 0 Å². The Labute approximate surface area is 136 Å². The van der Waals surface area contributed by atoms with Gasteiger partial charge < -0.3 is 10.4 Å². The number of carbonyl (C=O) groups is 3. The van der Waals surface area contributed by atoms with Gasteiger partial charge in [-0.1, -0.05) is 13.0 Å². The summed E-state index contributed by atoms with van der Waals surface area (Å²) in [7, 11) is 0. The van der Waals surface area contributed by atoms with E-state index in [1.54, 1.807) is 6.08 Å². The molecule has 2 fully saturated rings. The second-order valence-corrected chi connectivity index (χ2v) is 6.40. The normalized spacial score (nSPS) is 27.9. The molecule has 7 nitrogen and oxygen atoms in total. The van der Waals surface area contributed by atoms with Gasteiger partial charge in [0.15, 0.2) is 0 Å². The highest BCUT2D eigenvalue weighted by Gasteiger charge is 2.41. The first-order valence-electron chi connectivity index (χ1n) is 8.15. The van der Waals surface area contributed by atoms with E-state index >= 15 is 0 Å². The summed E-state index contributed by atoms with van der Waals surface area (Å²) in [5, 5.41) is 13.2. The largest absolute Gasteiger partial charge is 0.480 e. The van der Waals surface area contributed by atoms with Crippen molar-refractivity contribution in [2.24, 2.45) is 11.8 Å². The monoisotopic (exact) mass is 323 g/mol. The van der Waals surface area contributed by atoms with Gasteiger partial charge in [0.1, 0.15) is 12.1 Å². The fraction of sp³-hybridized carbons (Fsp3) is 0.688. The molecule has 1 heterocycles. The molecule has 0 unspecified atom stereocenters. The number of carboxylic acid groups (broad SMARTS) is 1. The van der Waals surface area contributed by atoms with Crippen molar-refractivity contribution in [3.63, 3.8) is 0 Å². The lowest BCUT2D eigenvalue weighted by molar-refractivity contribution is -0.148. The molecular formula is C16H25N3O4. The van der Waals surface area contributed by atoms with Crippen LogP contribution < -0.4 is 10.7 Å². The topological polar surface area (TPSA) is 98.7 Å². The first-order chi connectivity index (χ1) is 10.9. The minimum absolute atomic E-state index is 0.00452. The number of aliphatic carboxylic acids is 1. The van der Waals surface area contributed by atoms with Crippen LogP contribution in [0.25, 0.3) is 0 Å². The third-order valence-corrected chi connectivity index (χ3v) is 4.47. The molecule has 128 valence electrons. The smallest absolute Gasteiger partial charge is 0.322 e. The molecule has 2 aliphatic rings. The van der Waals surface area contributed by atoms with E-state index in [1.165, 1.54) is 5.01 Å². The Morgan fingerprint density at radius 3 is 2.74 bits per heavy atom. The molecule has 4 atom stereocenters. The van der Waals surface area contributed by atoms with Crippen molar-refractivity contribution in [3.05, 3.63) is 12.7 Å². The first kappa shape index (κ1) is 17.5. The quantitative estimate of drug-likeness (QED) is 0.598. The van der Waals surface area contributed by atoms with Gasteiger partial charge in [0.2, 0.25) is 5.91 Å². The third kappa shape index (κ3) is 4.54. The van der Waals surface area contributed by atoms with E-state index in [9.17, 15) is 14.4 Å². The molecule has 1 aliphatic heterocycles. The van der Waals surface area contributed by atoms with Crippen LogP contribution in [0.1, 0.15) is 39.0 Å². The summed E-state index contributed by atoms with van der Waals surface area (Å²) in [4.78, 5) is 35.9. The molecular weight excluding hydrogens is 298 g/mol. The van der Waals surface area contributed by atoms with Crippen LogP contribution in [-0.2, 0) is 14.4 Å². The summed E-state index contributed by atoms with van der Waals surface area (Å²) in [6.07, 6.45) is 4.74. The Bertz CT molecular complexity index is 494. The zero-order valence-corrected chi connectivity index (χ0v) is 13.5. The number of hydrazine groups is 1. The number of hydrogen-bond acceptors (Lipinski definition) is 4. The van der Waals surface area contributed by atoms with E-state index in [1.807, 2.05) is 6.92 Å². The maximum Gasteiger partial charge on any atom is 0.322 e. The van der Waals surface area contributed by atoms with Crippen LogP contribution in [-0.4, -0.2) is 46.5 Å². The molecule has 0 radical (unpaired) electrons. The minimum atomic E-state index is -0.971. The lowest BCUT2D eigenvalue weighted by Gasteiger charge is -2.34. The summed E-state index contributed by atoms with van der Waals surface area (Å²) < 4.78 is 0. The van der Waals surface area contributed by atoms with E-state index in [0.29, 0.717) is 38.1 Å². The highest BCUT2D eigenvalue weighted by Crippen LogP contribution is 2.37. The second kappa shape index (κ2) is 7.59. The van der Waals surface area contributed by atoms with Crippen molar-refractivity contribution in [3.8, 4) is 0 Å². The molecule has 1 aliphatic carbocycles. The second-order valence-electron chi connectivity index (χ2n) is 6.40. The van der Waals surface area contributed by atoms with Crippen molar-refractivity contribution < 1.29 is 19.5 Å². The molecule has 23 heavy (non-hydrogen) atoms. The Morgan fingerprint density at radius 2 is 2.17 bits per heavy atom. The van der Waals surface area contributed by atoms with Crippen LogP contribution in [0, 0.1) is 11.8 Å². The third-order valence-electron chi connectivity index (χ3n) is 4.47. The molecule has 0 aromatic carbocycles. The molecule has 2 rings (SSSR count). The average Bonchev–Trinajstić information content (AvgIpc) is 3.27. The Hall–Kier alpha value is -1.89. The SMILES string of the molecule is C=CCC[C@H](NC(=O)[C@H]1C[C@@H]1C)C(=O)N1CCC[C@@H](C(=O)O)N1. The summed E-state index contributed by atoms with van der Waals surface area (Å²) in [6, 6.07) is -1.40. The van der Waals surface area contributed by atoms with Gasteiger partial charge in [-0.2, -0.15) is 0 Å². The molecule has 0 bridgehead atoms. The van der Waals surface area contributed by atoms with Gasteiger partial charge in [0.25, 0.3) is 5.91 Å². The maximum absolute atomic E-state index is 12.7. The van der Waals surface area contributed by atoms with E-state index in [0.717, 1.165) is 6.42 Å². The van der Waals surface area contributed by atoms with Crippen molar-refractivity contribution in [2.75, 3.05) is 6.54 Å². The first-order valence-corrected chi connectivity index (χ1v) is 8.15. The number of hydrogen-bond donors (Lipinski definition) is 3. The number of rotatable bonds is 7. The number of allylic oxidation sites excluding steroid dienone is 1. The lowest BCUT2D eigenvalue weighted by Crippen LogP contribution is -2.59. The maximum atomic E-state index is 12.7. The number of carboxylic acids is 1. The molecule has 1 saturated heterocycles. The van der Waals surface area contributed by atoms with Crippen LogP contribution in [0.4, 0.5) is 0 Å². The summed E-state index contributed by atoms with van der Waals surface area (Å²) in [5.74, 6) is -0.975. The van der Waals surface area contributed by atoms with Crippen molar-refractivity contribution in [2.45, 2.75) is 51.1 Å². The predicted molar refractivity (Wildman–Crippen MR) is 84.1 cm³/mol. The van der Waals surface area contributed by atoms with Crippen LogP contribution in [0.5, 0.6) is 0 Å². The van der Waals surface area contributed by atoms with Crippen LogP contribution in [0.2, 0.25) is 0 Å². The van der Waals surface area contributed by atoms with Crippen LogP contribution >= 0.6 is 0 Å². The molecule has 3 N–H and O–H groups in total. The van der Waals surface area contributed by atoms with E-state index in [-0.39, 0.29) is 17.7 Å². The average molecular weight is 323 g/mol. The van der Waals surface area contributed by atoms with Gasteiger partial charge in [-0.05, 0) is 38.0 Å². The number of carbonyl (C=O) groups excluding carboxylic acids is 2. The molecule has 0 spiro atoms. The fourth-order valence-electron chi connectivity index (χ4n) is 2.82. The zero-order valence-electron chi connectivity index (χ0n) is 13.5. The van der Waals surface area contributed by atoms with Crippen LogP contribution in [0.3, 0.4) is 0 Å². The van der Waals surface area contributed by atoms with E-state index in [2.05, 4.69) is 17.3 Å². The minimum Gasteiger partial charge on any atom is -0.480 e. The van der Waals surface area contributed by atoms with Gasteiger partial charge in [-0.15, -0.1) is 6.58 Å². The molecule has 0 aromatic rings. The number of amides is 2. The summed E-state index contributed by atoms with van der Waals surface area (Å²) in [6.45, 7) is 6.10. The van der Waals surface area contributed by atoms with E-state index in [4.69, 9.17) is 5.11 Å². The zero-order chi connectivity index (χ0) is 17.0. The summed E-state index contributed by atoms with van der Waals surface area (Å²) >= 11 is 0. The van der Waals surface area contributed by atoms with Crippen molar-refractivity contribution in [1.82, 2.24) is 15.8 Å². The molecule has 7 heteroatoms. The van der Waals surface area contributed by atoms with Gasteiger partial charge in [-0.25, -0.2) is 5.43 Å². The molecule has 1 saturated carbocycles. The van der Waals surface area contributed by atoms with Gasteiger partial charge >= 0.3 is 5.97 Å². The van der Waals surface area contributed by atoms with Crippen molar-refractivity contribution in [1.29, 1.82) is 0 Å².